The van der Waals surface area contributed by atoms with Crippen LogP contribution in [-0.4, -0.2) is 67.1 Å². The summed E-state index contributed by atoms with van der Waals surface area (Å²) in [7, 11) is 0. The van der Waals surface area contributed by atoms with Crippen LogP contribution >= 0.6 is 0 Å². The lowest BCUT2D eigenvalue weighted by Gasteiger charge is -2.49. The van der Waals surface area contributed by atoms with Crippen molar-refractivity contribution in [2.24, 2.45) is 39.8 Å². The van der Waals surface area contributed by atoms with Crippen molar-refractivity contribution in [1.29, 1.82) is 0 Å². The third-order valence-corrected chi connectivity index (χ3v) is 9.54. The average Bonchev–Trinajstić information content (AvgIpc) is 3.33. The summed E-state index contributed by atoms with van der Waals surface area (Å²) in [5.74, 6) is -0.238. The standard InChI is InChI=1S/C26H42N6O6/c1-8-17-11(2)12(3)21(30-32-28)26(35-17)37-23-13(4)14(5)25(38-24(23)16(7)33)36-22-15(6)20(29-31-27)18-9-10-19(22)34-18/h11-15,17-26H,8-10H2,1-7H3/t11-,12-,13+,14?,15+,17?,18-,19?,20?,21?,22-,23-,24-,25+,26+/m0/s1. The molecule has 0 radical (unpaired) electrons. The van der Waals surface area contributed by atoms with Gasteiger partial charge in [0.1, 0.15) is 6.10 Å². The highest BCUT2D eigenvalue weighted by atomic mass is 16.7. The fourth-order valence-electron chi connectivity index (χ4n) is 6.74. The highest BCUT2D eigenvalue weighted by Gasteiger charge is 2.53. The van der Waals surface area contributed by atoms with Gasteiger partial charge >= 0.3 is 0 Å². The second kappa shape index (κ2) is 12.1. The van der Waals surface area contributed by atoms with E-state index in [-0.39, 0.29) is 65.8 Å². The molecule has 212 valence electrons. The first-order chi connectivity index (χ1) is 18.1. The summed E-state index contributed by atoms with van der Waals surface area (Å²) in [6, 6.07) is -0.827. The Hall–Kier alpha value is -1.91. The Morgan fingerprint density at radius 1 is 0.789 bits per heavy atom. The number of carbonyl (C=O) groups is 1. The van der Waals surface area contributed by atoms with E-state index in [0.717, 1.165) is 19.3 Å². The molecule has 4 rings (SSSR count). The van der Waals surface area contributed by atoms with E-state index in [2.05, 4.69) is 33.9 Å². The zero-order chi connectivity index (χ0) is 27.7. The molecule has 0 aliphatic carbocycles. The molecule has 0 amide bonds. The maximum Gasteiger partial charge on any atom is 0.167 e. The smallest absolute Gasteiger partial charge is 0.167 e. The normalized spacial score (nSPS) is 48.6. The number of ketones is 1. The van der Waals surface area contributed by atoms with Crippen LogP contribution in [0.25, 0.3) is 20.9 Å². The van der Waals surface area contributed by atoms with Gasteiger partial charge in [0.05, 0.1) is 42.6 Å². The molecular formula is C26H42N6O6. The van der Waals surface area contributed by atoms with Crippen LogP contribution in [0, 0.1) is 29.6 Å². The Balaban J connectivity index is 1.53. The minimum Gasteiger partial charge on any atom is -0.372 e. The molecule has 0 aromatic heterocycles. The van der Waals surface area contributed by atoms with Gasteiger partial charge in [0.25, 0.3) is 0 Å². The van der Waals surface area contributed by atoms with Gasteiger partial charge < -0.3 is 23.7 Å². The van der Waals surface area contributed by atoms with Gasteiger partial charge in [-0.05, 0) is 60.9 Å². The van der Waals surface area contributed by atoms with Crippen molar-refractivity contribution in [3.8, 4) is 0 Å². The molecule has 0 aromatic rings. The van der Waals surface area contributed by atoms with Gasteiger partial charge in [-0.2, -0.15) is 0 Å². The summed E-state index contributed by atoms with van der Waals surface area (Å²) in [6.45, 7) is 13.7. The Morgan fingerprint density at radius 2 is 1.42 bits per heavy atom. The molecule has 12 nitrogen and oxygen atoms in total. The molecule has 38 heavy (non-hydrogen) atoms. The van der Waals surface area contributed by atoms with Crippen LogP contribution in [0.2, 0.25) is 0 Å². The zero-order valence-corrected chi connectivity index (χ0v) is 23.4. The maximum atomic E-state index is 12.9. The van der Waals surface area contributed by atoms with Crippen molar-refractivity contribution < 1.29 is 28.5 Å². The highest BCUT2D eigenvalue weighted by molar-refractivity contribution is 5.81. The molecule has 15 atom stereocenters. The van der Waals surface area contributed by atoms with E-state index in [0.29, 0.717) is 0 Å². The SMILES string of the molecule is CCC1O[C@H](O[C@H]2[C@H](C)C(C)[C@H](O[C@@H]3C4CC[C@H](O4)C(N=[N+]=[N-])[C@H]3C)O[C@H]2C(C)=O)C(N=[N+]=[N-])[C@@H](C)[C@@H]1C. The lowest BCUT2D eigenvalue weighted by atomic mass is 9.80. The second-order valence-corrected chi connectivity index (χ2v) is 11.7. The molecule has 0 saturated carbocycles. The Morgan fingerprint density at radius 3 is 2.05 bits per heavy atom. The number of ether oxygens (including phenoxy) is 5. The Bertz CT molecular complexity index is 957. The van der Waals surface area contributed by atoms with Gasteiger partial charge in [0.2, 0.25) is 0 Å². The van der Waals surface area contributed by atoms with Crippen LogP contribution in [0.3, 0.4) is 0 Å². The molecule has 4 saturated heterocycles. The summed E-state index contributed by atoms with van der Waals surface area (Å²) in [4.78, 5) is 18.9. The lowest BCUT2D eigenvalue weighted by Crippen LogP contribution is -2.59. The van der Waals surface area contributed by atoms with Crippen molar-refractivity contribution >= 4 is 5.78 Å². The number of nitrogens with zero attached hydrogens (tertiary/aromatic N) is 6. The van der Waals surface area contributed by atoms with Crippen LogP contribution in [0.5, 0.6) is 0 Å². The first-order valence-corrected chi connectivity index (χ1v) is 14.0. The van der Waals surface area contributed by atoms with Crippen LogP contribution in [0.4, 0.5) is 0 Å². The van der Waals surface area contributed by atoms with Crippen LogP contribution in [-0.2, 0) is 28.5 Å². The molecule has 5 unspecified atom stereocenters. The van der Waals surface area contributed by atoms with Gasteiger partial charge in [0.15, 0.2) is 18.4 Å². The van der Waals surface area contributed by atoms with Crippen molar-refractivity contribution in [3.63, 3.8) is 0 Å². The molecule has 4 aliphatic heterocycles. The third-order valence-electron chi connectivity index (χ3n) is 9.54. The summed E-state index contributed by atoms with van der Waals surface area (Å²) in [5, 5.41) is 8.02. The molecule has 12 heteroatoms. The van der Waals surface area contributed by atoms with Crippen molar-refractivity contribution in [2.75, 3.05) is 0 Å². The number of fused-ring (bicyclic) bond motifs is 2. The largest absolute Gasteiger partial charge is 0.372 e. The average molecular weight is 535 g/mol. The first kappa shape index (κ1) is 29.1. The summed E-state index contributed by atoms with van der Waals surface area (Å²) in [5.41, 5.74) is 18.3. The topological polar surface area (TPSA) is 161 Å². The summed E-state index contributed by atoms with van der Waals surface area (Å²) >= 11 is 0. The number of azide groups is 2. The van der Waals surface area contributed by atoms with Crippen molar-refractivity contribution in [2.45, 2.75) is 129 Å². The Kier molecular flexibility index (Phi) is 9.25. The number of carbonyl (C=O) groups excluding carboxylic acids is 1. The lowest BCUT2D eigenvalue weighted by molar-refractivity contribution is -0.324. The minimum atomic E-state index is -0.875. The van der Waals surface area contributed by atoms with Crippen LogP contribution < -0.4 is 0 Å². The maximum absolute atomic E-state index is 12.9. The van der Waals surface area contributed by atoms with E-state index in [1.165, 1.54) is 6.92 Å². The van der Waals surface area contributed by atoms with E-state index < -0.39 is 30.8 Å². The van der Waals surface area contributed by atoms with Crippen LogP contribution in [0.1, 0.15) is 67.7 Å². The number of rotatable bonds is 8. The third kappa shape index (κ3) is 5.41. The van der Waals surface area contributed by atoms with Crippen molar-refractivity contribution in [1.82, 2.24) is 0 Å². The fourth-order valence-corrected chi connectivity index (χ4v) is 6.74. The quantitative estimate of drug-likeness (QED) is 0.233. The summed E-state index contributed by atoms with van der Waals surface area (Å²) in [6.07, 6.45) is -1.04. The van der Waals surface area contributed by atoms with E-state index in [1.807, 2.05) is 27.7 Å². The van der Waals surface area contributed by atoms with Crippen molar-refractivity contribution in [3.05, 3.63) is 20.9 Å². The molecular weight excluding hydrogens is 492 g/mol. The Labute approximate surface area is 224 Å². The highest BCUT2D eigenvalue weighted by Crippen LogP contribution is 2.43. The molecule has 4 aliphatic rings. The molecule has 0 N–H and O–H groups in total. The fraction of sp³-hybridized carbons (Fsp3) is 0.962. The minimum absolute atomic E-state index is 0.0451. The number of hydrogen-bond acceptors (Lipinski definition) is 8. The van der Waals surface area contributed by atoms with E-state index >= 15 is 0 Å². The van der Waals surface area contributed by atoms with Gasteiger partial charge in [-0.15, -0.1) is 0 Å². The predicted octanol–water partition coefficient (Wildman–Crippen LogP) is 5.31. The monoisotopic (exact) mass is 534 g/mol. The van der Waals surface area contributed by atoms with Crippen LogP contribution in [0.15, 0.2) is 10.2 Å². The molecule has 0 aromatic carbocycles. The van der Waals surface area contributed by atoms with E-state index in [1.54, 1.807) is 0 Å². The first-order valence-electron chi connectivity index (χ1n) is 14.0. The number of hydrogen-bond donors (Lipinski definition) is 0. The molecule has 4 fully saturated rings. The number of Topliss-reactive ketones (excluding diaryl/α,β-unsaturated/α-hetero) is 1. The molecule has 4 heterocycles. The molecule has 2 bridgehead atoms. The van der Waals surface area contributed by atoms with E-state index in [4.69, 9.17) is 29.2 Å². The van der Waals surface area contributed by atoms with Gasteiger partial charge in [0, 0.05) is 15.7 Å². The van der Waals surface area contributed by atoms with E-state index in [9.17, 15) is 10.3 Å². The summed E-state index contributed by atoms with van der Waals surface area (Å²) < 4.78 is 31.8. The second-order valence-electron chi connectivity index (χ2n) is 11.7. The molecule has 0 spiro atoms. The van der Waals surface area contributed by atoms with Gasteiger partial charge in [-0.1, -0.05) is 51.8 Å². The van der Waals surface area contributed by atoms with Gasteiger partial charge in [-0.3, -0.25) is 4.79 Å². The zero-order valence-electron chi connectivity index (χ0n) is 23.4. The predicted molar refractivity (Wildman–Crippen MR) is 138 cm³/mol. The van der Waals surface area contributed by atoms with Gasteiger partial charge in [-0.25, -0.2) is 0 Å².